The van der Waals surface area contributed by atoms with E-state index in [0.717, 1.165) is 0 Å². The fourth-order valence-corrected chi connectivity index (χ4v) is 6.57. The average molecular weight is 499 g/mol. The van der Waals surface area contributed by atoms with Crippen molar-refractivity contribution in [3.05, 3.63) is 0 Å². The van der Waals surface area contributed by atoms with Crippen LogP contribution in [0.4, 0.5) is 22.0 Å². The third-order valence-corrected chi connectivity index (χ3v) is 8.68. The molecule has 4 atom stereocenters. The van der Waals surface area contributed by atoms with E-state index in [9.17, 15) is 23.1 Å². The summed E-state index contributed by atoms with van der Waals surface area (Å²) in [5.41, 5.74) is -5.49. The average Bonchev–Trinajstić information content (AvgIpc) is 2.66. The van der Waals surface area contributed by atoms with Crippen molar-refractivity contribution in [1.82, 2.24) is 0 Å². The summed E-state index contributed by atoms with van der Waals surface area (Å²) in [5.74, 6) is -12.0. The van der Waals surface area contributed by atoms with Gasteiger partial charge in [-0.1, -0.05) is 27.7 Å². The maximum absolute atomic E-state index is 16.0. The number of aliphatic hydroxyl groups is 1. The van der Waals surface area contributed by atoms with Gasteiger partial charge >= 0.3 is 23.9 Å². The first-order valence-corrected chi connectivity index (χ1v) is 12.0. The zero-order chi connectivity index (χ0) is 25.8. The lowest BCUT2D eigenvalue weighted by atomic mass is 9.46. The smallest absolute Gasteiger partial charge is 0.449 e. The number of carbonyl (C=O) groups excluding carboxylic acids is 1. The summed E-state index contributed by atoms with van der Waals surface area (Å²) in [6, 6.07) is 0. The van der Waals surface area contributed by atoms with Crippen LogP contribution in [0.5, 0.6) is 0 Å². The summed E-state index contributed by atoms with van der Waals surface area (Å²) in [5, 5.41) is 10.5. The van der Waals surface area contributed by atoms with Gasteiger partial charge in [0.2, 0.25) is 0 Å². The SMILES string of the molecule is CCC(C)(C)C(=O)OC12CC3CC(C1)C1(OC(C(C)(C)C)OC(O)(C(F)(F)F)C1(F)F)C(C3)C2. The van der Waals surface area contributed by atoms with E-state index < -0.39 is 64.0 Å². The Morgan fingerprint density at radius 1 is 1.00 bits per heavy atom. The molecule has 1 spiro atoms. The van der Waals surface area contributed by atoms with Gasteiger partial charge in [-0.2, -0.15) is 22.0 Å². The first kappa shape index (κ1) is 26.1. The molecule has 0 aromatic heterocycles. The maximum Gasteiger partial charge on any atom is 0.449 e. The topological polar surface area (TPSA) is 65.0 Å². The summed E-state index contributed by atoms with van der Waals surface area (Å²) < 4.78 is 90.6. The Hall–Kier alpha value is -1.00. The van der Waals surface area contributed by atoms with Gasteiger partial charge in [-0.15, -0.1) is 0 Å². The fourth-order valence-electron chi connectivity index (χ4n) is 6.57. The van der Waals surface area contributed by atoms with E-state index >= 15 is 8.78 Å². The molecule has 0 radical (unpaired) electrons. The number of alkyl halides is 5. The third kappa shape index (κ3) is 3.37. The Bertz CT molecular complexity index is 832. The van der Waals surface area contributed by atoms with Crippen molar-refractivity contribution < 1.29 is 46.1 Å². The molecule has 4 aliphatic carbocycles. The highest BCUT2D eigenvalue weighted by atomic mass is 19.4. The van der Waals surface area contributed by atoms with Crippen molar-refractivity contribution >= 4 is 5.97 Å². The first-order valence-electron chi connectivity index (χ1n) is 12.0. The Kier molecular flexibility index (Phi) is 5.58. The van der Waals surface area contributed by atoms with Crippen molar-refractivity contribution in [2.24, 2.45) is 28.6 Å². The fraction of sp³-hybridized carbons (Fsp3) is 0.958. The van der Waals surface area contributed by atoms with Gasteiger partial charge in [-0.05, 0) is 70.1 Å². The summed E-state index contributed by atoms with van der Waals surface area (Å²) in [7, 11) is 0. The number of rotatable bonds is 3. The van der Waals surface area contributed by atoms with Crippen LogP contribution in [-0.4, -0.2) is 46.5 Å². The summed E-state index contributed by atoms with van der Waals surface area (Å²) in [6.07, 6.45) is -6.09. The van der Waals surface area contributed by atoms with Crippen LogP contribution < -0.4 is 0 Å². The molecule has 1 N–H and O–H groups in total. The van der Waals surface area contributed by atoms with Crippen molar-refractivity contribution in [1.29, 1.82) is 0 Å². The van der Waals surface area contributed by atoms with Crippen LogP contribution in [0.25, 0.3) is 0 Å². The van der Waals surface area contributed by atoms with E-state index in [1.54, 1.807) is 13.8 Å². The molecule has 0 amide bonds. The molecule has 5 fully saturated rings. The van der Waals surface area contributed by atoms with Crippen molar-refractivity contribution in [2.75, 3.05) is 0 Å². The molecule has 10 heteroatoms. The summed E-state index contributed by atoms with van der Waals surface area (Å²) in [6.45, 7) is 9.86. The van der Waals surface area contributed by atoms with Gasteiger partial charge in [0.1, 0.15) is 11.2 Å². The van der Waals surface area contributed by atoms with E-state index in [-0.39, 0.29) is 31.6 Å². The number of hydrogen-bond acceptors (Lipinski definition) is 5. The Labute approximate surface area is 196 Å². The molecule has 196 valence electrons. The van der Waals surface area contributed by atoms with E-state index in [0.29, 0.717) is 12.8 Å². The van der Waals surface area contributed by atoms with Gasteiger partial charge in [0, 0.05) is 5.41 Å². The minimum atomic E-state index is -5.75. The minimum absolute atomic E-state index is 0.0358. The van der Waals surface area contributed by atoms with Crippen molar-refractivity contribution in [2.45, 2.75) is 115 Å². The highest BCUT2D eigenvalue weighted by molar-refractivity contribution is 5.76. The zero-order valence-electron chi connectivity index (χ0n) is 20.5. The van der Waals surface area contributed by atoms with Gasteiger partial charge in [0.25, 0.3) is 0 Å². The van der Waals surface area contributed by atoms with Crippen LogP contribution in [0.1, 0.15) is 80.1 Å². The summed E-state index contributed by atoms with van der Waals surface area (Å²) >= 11 is 0. The van der Waals surface area contributed by atoms with Gasteiger partial charge < -0.3 is 19.3 Å². The molecule has 1 saturated heterocycles. The molecule has 4 unspecified atom stereocenters. The number of hydrogen-bond donors (Lipinski definition) is 1. The maximum atomic E-state index is 16.0. The number of halogens is 5. The molecular formula is C24H35F5O5. The second-order valence-electron chi connectivity index (χ2n) is 12.6. The Balaban J connectivity index is 1.78. The summed E-state index contributed by atoms with van der Waals surface area (Å²) in [4.78, 5) is 12.9. The molecular weight excluding hydrogens is 463 g/mol. The molecule has 5 rings (SSSR count). The van der Waals surface area contributed by atoms with Gasteiger partial charge in [-0.3, -0.25) is 4.79 Å². The monoisotopic (exact) mass is 498 g/mol. The molecule has 0 aromatic carbocycles. The second-order valence-corrected chi connectivity index (χ2v) is 12.6. The lowest BCUT2D eigenvalue weighted by molar-refractivity contribution is -0.549. The van der Waals surface area contributed by atoms with Crippen LogP contribution >= 0.6 is 0 Å². The second kappa shape index (κ2) is 7.28. The Morgan fingerprint density at radius 3 is 1.97 bits per heavy atom. The third-order valence-electron chi connectivity index (χ3n) is 8.68. The highest BCUT2D eigenvalue weighted by Gasteiger charge is 2.87. The molecule has 34 heavy (non-hydrogen) atoms. The molecule has 4 bridgehead atoms. The zero-order valence-corrected chi connectivity index (χ0v) is 20.5. The first-order chi connectivity index (χ1) is 15.2. The van der Waals surface area contributed by atoms with Crippen LogP contribution in [0, 0.1) is 28.6 Å². The quantitative estimate of drug-likeness (QED) is 0.406. The predicted octanol–water partition coefficient (Wildman–Crippen LogP) is 5.59. The van der Waals surface area contributed by atoms with E-state index in [2.05, 4.69) is 4.74 Å². The van der Waals surface area contributed by atoms with Crippen molar-refractivity contribution in [3.63, 3.8) is 0 Å². The Morgan fingerprint density at radius 2 is 1.53 bits per heavy atom. The van der Waals surface area contributed by atoms with Crippen molar-refractivity contribution in [3.8, 4) is 0 Å². The number of ether oxygens (including phenoxy) is 3. The highest BCUT2D eigenvalue weighted by Crippen LogP contribution is 2.70. The number of carbonyl (C=O) groups is 1. The largest absolute Gasteiger partial charge is 0.459 e. The molecule has 5 nitrogen and oxygen atoms in total. The number of esters is 1. The van der Waals surface area contributed by atoms with Crippen LogP contribution in [0.2, 0.25) is 0 Å². The molecule has 0 aromatic rings. The molecule has 5 aliphatic rings. The molecule has 1 aliphatic heterocycles. The van der Waals surface area contributed by atoms with Gasteiger partial charge in [0.05, 0.1) is 5.41 Å². The van der Waals surface area contributed by atoms with Crippen LogP contribution in [0.3, 0.4) is 0 Å². The minimum Gasteiger partial charge on any atom is -0.459 e. The normalized spacial score (nSPS) is 43.9. The van der Waals surface area contributed by atoms with E-state index in [4.69, 9.17) is 9.47 Å². The van der Waals surface area contributed by atoms with Gasteiger partial charge in [-0.25, -0.2) is 0 Å². The van der Waals surface area contributed by atoms with E-state index in [1.807, 2.05) is 6.92 Å². The molecule has 4 saturated carbocycles. The standard InChI is InChI=1S/C24H35F5O5/c1-7-19(5,6)16(30)32-20-10-13-8-14(11-20)21(15(9-13)12-20)22(25,26)23(31,24(27,28)29)34-17(33-21)18(2,3)4/h13-15,17,31H,7-12H2,1-6H3. The lowest BCUT2D eigenvalue weighted by Crippen LogP contribution is -2.83. The van der Waals surface area contributed by atoms with Crippen LogP contribution in [-0.2, 0) is 19.0 Å². The van der Waals surface area contributed by atoms with E-state index in [1.165, 1.54) is 20.8 Å². The van der Waals surface area contributed by atoms with Crippen LogP contribution in [0.15, 0.2) is 0 Å². The predicted molar refractivity (Wildman–Crippen MR) is 111 cm³/mol. The molecule has 1 heterocycles. The lowest BCUT2D eigenvalue weighted by Gasteiger charge is -2.69. The van der Waals surface area contributed by atoms with Gasteiger partial charge in [0.15, 0.2) is 6.29 Å².